The number of ketones is 1. The number of aromatic nitrogens is 1. The van der Waals surface area contributed by atoms with Crippen molar-refractivity contribution in [2.24, 2.45) is 23.7 Å². The molecule has 15 heteroatoms. The molecular weight excluding hydrogens is 820 g/mol. The highest BCUT2D eigenvalue weighted by Crippen LogP contribution is 2.64. The van der Waals surface area contributed by atoms with Gasteiger partial charge >= 0.3 is 6.18 Å². The highest BCUT2D eigenvalue weighted by atomic mass is 35.5. The first-order valence-electron chi connectivity index (χ1n) is 18.9. The van der Waals surface area contributed by atoms with Gasteiger partial charge in [-0.05, 0) is 84.5 Å². The van der Waals surface area contributed by atoms with Gasteiger partial charge in [0.2, 0.25) is 11.8 Å². The molecule has 2 N–H and O–H groups in total. The number of benzene rings is 4. The van der Waals surface area contributed by atoms with E-state index in [0.29, 0.717) is 50.1 Å². The van der Waals surface area contributed by atoms with Gasteiger partial charge in [0.05, 0.1) is 39.4 Å². The van der Waals surface area contributed by atoms with Crippen LogP contribution in [0, 0.1) is 23.7 Å². The van der Waals surface area contributed by atoms with Crippen molar-refractivity contribution in [1.82, 2.24) is 9.99 Å². The number of phenolic OH excluding ortho intramolecular Hbond substituents is 1. The zero-order valence-electron chi connectivity index (χ0n) is 31.1. The van der Waals surface area contributed by atoms with Gasteiger partial charge in [-0.15, -0.1) is 0 Å². The second-order valence-corrected chi connectivity index (χ2v) is 16.1. The molecular formula is C45H31Cl2F3N4O6. The van der Waals surface area contributed by atoms with E-state index in [-0.39, 0.29) is 35.9 Å². The number of phenols is 1. The molecule has 4 aliphatic rings. The molecule has 10 nitrogen and oxygen atoms in total. The number of carbonyl (C=O) groups excluding carboxylic acids is 5. The van der Waals surface area contributed by atoms with Crippen molar-refractivity contribution in [2.45, 2.75) is 30.4 Å². The largest absolute Gasteiger partial charge is 0.508 e. The number of hydrogen-bond acceptors (Lipinski definition) is 8. The summed E-state index contributed by atoms with van der Waals surface area (Å²) in [6.07, 6.45) is -2.36. The molecule has 3 fully saturated rings. The summed E-state index contributed by atoms with van der Waals surface area (Å²) in [6, 6.07) is 28.1. The summed E-state index contributed by atoms with van der Waals surface area (Å²) in [5, 5.41) is 11.4. The molecule has 2 aliphatic heterocycles. The molecule has 9 rings (SSSR count). The topological polar surface area (TPSA) is 137 Å². The lowest BCUT2D eigenvalue weighted by Gasteiger charge is -2.50. The Balaban J connectivity index is 1.14. The molecule has 0 unspecified atom stereocenters. The molecule has 0 radical (unpaired) electrons. The maximum Gasteiger partial charge on any atom is 0.417 e. The fraction of sp³-hybridized carbons (Fsp3) is 0.200. The normalized spacial score (nSPS) is 24.8. The number of nitrogens with zero attached hydrogens (tertiary/aromatic N) is 3. The number of hydrazine groups is 1. The zero-order chi connectivity index (χ0) is 42.2. The molecule has 2 saturated heterocycles. The third-order valence-electron chi connectivity index (χ3n) is 12.2. The summed E-state index contributed by atoms with van der Waals surface area (Å²) in [5.41, 5.74) is 2.23. The van der Waals surface area contributed by atoms with E-state index >= 15 is 4.79 Å². The Labute approximate surface area is 350 Å². The Morgan fingerprint density at radius 2 is 1.52 bits per heavy atom. The predicted octanol–water partition coefficient (Wildman–Crippen LogP) is 8.53. The molecule has 6 atom stereocenters. The van der Waals surface area contributed by atoms with E-state index in [1.54, 1.807) is 91.0 Å². The first kappa shape index (κ1) is 39.2. The number of halogens is 5. The minimum absolute atomic E-state index is 0.0841. The third kappa shape index (κ3) is 6.09. The molecule has 302 valence electrons. The monoisotopic (exact) mass is 850 g/mol. The van der Waals surface area contributed by atoms with Crippen LogP contribution < -0.4 is 10.3 Å². The van der Waals surface area contributed by atoms with Crippen LogP contribution in [0.5, 0.6) is 5.75 Å². The second kappa shape index (κ2) is 14.5. The molecule has 2 aliphatic carbocycles. The number of amides is 4. The third-order valence-corrected chi connectivity index (χ3v) is 12.7. The second-order valence-electron chi connectivity index (χ2n) is 15.3. The number of hydrogen-bond donors (Lipinski definition) is 2. The van der Waals surface area contributed by atoms with Gasteiger partial charge in [0, 0.05) is 28.3 Å². The Bertz CT molecular complexity index is 2660. The minimum atomic E-state index is -4.77. The molecule has 4 aromatic carbocycles. The number of alkyl halides is 3. The quantitative estimate of drug-likeness (QED) is 0.0945. The molecule has 4 amide bonds. The van der Waals surface area contributed by atoms with Gasteiger partial charge in [0.1, 0.15) is 5.75 Å². The number of rotatable bonds is 7. The van der Waals surface area contributed by atoms with Crippen molar-refractivity contribution in [2.75, 3.05) is 10.3 Å². The maximum atomic E-state index is 15.3. The number of fused-ring (bicyclic) bond motifs is 4. The Morgan fingerprint density at radius 1 is 0.817 bits per heavy atom. The van der Waals surface area contributed by atoms with Crippen molar-refractivity contribution in [3.63, 3.8) is 0 Å². The van der Waals surface area contributed by atoms with Gasteiger partial charge in [0.15, 0.2) is 11.6 Å². The fourth-order valence-corrected chi connectivity index (χ4v) is 9.97. The van der Waals surface area contributed by atoms with Crippen LogP contribution >= 0.6 is 23.2 Å². The maximum absolute atomic E-state index is 15.3. The lowest BCUT2D eigenvalue weighted by molar-refractivity contribution is -0.139. The van der Waals surface area contributed by atoms with Gasteiger partial charge < -0.3 is 5.11 Å². The molecule has 1 saturated carbocycles. The van der Waals surface area contributed by atoms with Gasteiger partial charge in [-0.3, -0.25) is 34.3 Å². The number of allylic oxidation sites excluding steroid dienone is 2. The number of aromatic hydroxyl groups is 1. The van der Waals surface area contributed by atoms with Crippen LogP contribution in [0.2, 0.25) is 10.0 Å². The summed E-state index contributed by atoms with van der Waals surface area (Å²) in [7, 11) is 0. The fourth-order valence-electron chi connectivity index (χ4n) is 9.63. The summed E-state index contributed by atoms with van der Waals surface area (Å²) in [4.78, 5) is 77.2. The van der Waals surface area contributed by atoms with Gasteiger partial charge in [-0.1, -0.05) is 89.4 Å². The van der Waals surface area contributed by atoms with Crippen LogP contribution in [0.4, 0.5) is 24.7 Å². The summed E-state index contributed by atoms with van der Waals surface area (Å²) in [5.74, 6) is -8.03. The molecule has 0 bridgehead atoms. The van der Waals surface area contributed by atoms with Crippen LogP contribution in [0.1, 0.15) is 51.4 Å². The molecule has 0 spiro atoms. The van der Waals surface area contributed by atoms with Gasteiger partial charge in [-0.25, -0.2) is 4.98 Å². The molecule has 1 aromatic heterocycles. The van der Waals surface area contributed by atoms with Crippen LogP contribution in [0.15, 0.2) is 127 Å². The van der Waals surface area contributed by atoms with E-state index in [4.69, 9.17) is 23.2 Å². The van der Waals surface area contributed by atoms with Gasteiger partial charge in [-0.2, -0.15) is 18.2 Å². The number of imide groups is 2. The summed E-state index contributed by atoms with van der Waals surface area (Å²) < 4.78 is 40.5. The summed E-state index contributed by atoms with van der Waals surface area (Å²) in [6.45, 7) is 0. The highest BCUT2D eigenvalue weighted by molar-refractivity contribution is 6.33. The van der Waals surface area contributed by atoms with E-state index < -0.39 is 75.4 Å². The predicted molar refractivity (Wildman–Crippen MR) is 214 cm³/mol. The number of anilines is 2. The average molecular weight is 852 g/mol. The van der Waals surface area contributed by atoms with Crippen molar-refractivity contribution >= 4 is 64.1 Å². The van der Waals surface area contributed by atoms with E-state index in [2.05, 4.69) is 10.4 Å². The van der Waals surface area contributed by atoms with Crippen molar-refractivity contribution < 1.29 is 42.3 Å². The number of nitrogens with one attached hydrogen (secondary N) is 1. The van der Waals surface area contributed by atoms with Crippen LogP contribution in [0.25, 0.3) is 0 Å². The van der Waals surface area contributed by atoms with E-state index in [1.165, 1.54) is 12.1 Å². The number of pyridine rings is 1. The van der Waals surface area contributed by atoms with Crippen LogP contribution in [-0.4, -0.2) is 44.5 Å². The average Bonchev–Trinajstić information content (AvgIpc) is 3.61. The smallest absolute Gasteiger partial charge is 0.417 e. The van der Waals surface area contributed by atoms with Crippen molar-refractivity contribution in [3.8, 4) is 5.75 Å². The zero-order valence-corrected chi connectivity index (χ0v) is 32.6. The Morgan fingerprint density at radius 3 is 2.18 bits per heavy atom. The lowest BCUT2D eigenvalue weighted by Crippen LogP contribution is -2.53. The molecule has 3 heterocycles. The van der Waals surface area contributed by atoms with Crippen molar-refractivity contribution in [3.05, 3.63) is 165 Å². The lowest BCUT2D eigenvalue weighted by atomic mass is 9.49. The first-order chi connectivity index (χ1) is 28.7. The molecule has 60 heavy (non-hydrogen) atoms. The van der Waals surface area contributed by atoms with Gasteiger partial charge in [0.25, 0.3) is 11.8 Å². The SMILES string of the molecule is O=C(c1ccccc1)c1ccc(N2C(=O)[C@H]3[C@H](CC=C4[C@H]3C[C@H]3C(=O)N(Nc5ncc(C(F)(F)F)cc5Cl)C(=O)[C@@]3(c3ccc(Cl)cc3)[C@H]4c3cccc(O)c3)C2=O)cc1. The van der Waals surface area contributed by atoms with E-state index in [9.17, 15) is 37.5 Å². The Kier molecular flexibility index (Phi) is 9.44. The first-order valence-corrected chi connectivity index (χ1v) is 19.7. The standard InChI is InChI=1S/C45H31Cl2F3N4O6/c46-28-13-11-26(12-14-28)44-34(41(58)54(43(44)60)52-39-35(47)20-27(22-51-39)45(48,49)50)21-33-31(37(44)25-7-4-8-30(55)19-25)17-18-32-36(33)42(59)53(40(32)57)29-15-9-24(10-16-29)38(56)23-5-2-1-3-6-23/h1-17,19-20,22,32-34,36-37,55H,18,21H2,(H,51,52)/t32-,33+,34-,36-,37-,44+/m0/s1. The Hall–Kier alpha value is -6.31. The molecule has 5 aromatic rings. The van der Waals surface area contributed by atoms with Crippen molar-refractivity contribution in [1.29, 1.82) is 0 Å². The van der Waals surface area contributed by atoms with E-state index in [1.807, 2.05) is 6.08 Å². The summed E-state index contributed by atoms with van der Waals surface area (Å²) >= 11 is 12.6. The van der Waals surface area contributed by atoms with E-state index in [0.717, 1.165) is 4.90 Å². The van der Waals surface area contributed by atoms with Crippen LogP contribution in [-0.2, 0) is 30.8 Å². The highest BCUT2D eigenvalue weighted by Gasteiger charge is 2.70. The number of carbonyl (C=O) groups is 5. The van der Waals surface area contributed by atoms with Crippen LogP contribution in [0.3, 0.4) is 0 Å². The minimum Gasteiger partial charge on any atom is -0.508 e.